The molecule has 1 saturated carbocycles. The van der Waals surface area contributed by atoms with Crippen LogP contribution in [0, 0.1) is 0 Å². The Balaban J connectivity index is 2.25. The largest absolute Gasteiger partial charge is 0.481 e. The number of urea groups is 1. The van der Waals surface area contributed by atoms with Crippen LogP contribution in [0.4, 0.5) is 4.79 Å². The highest BCUT2D eigenvalue weighted by atomic mass is 16.5. The zero-order valence-electron chi connectivity index (χ0n) is 10.8. The molecule has 18 heavy (non-hydrogen) atoms. The quantitative estimate of drug-likeness (QED) is 0.638. The molecule has 3 N–H and O–H groups in total. The highest BCUT2D eigenvalue weighted by Gasteiger charge is 2.34. The summed E-state index contributed by atoms with van der Waals surface area (Å²) in [5.41, 5.74) is -0.223. The zero-order chi connectivity index (χ0) is 13.4. The molecular weight excluding hydrogens is 236 g/mol. The van der Waals surface area contributed by atoms with Crippen LogP contribution in [0.25, 0.3) is 0 Å². The number of carboxylic acid groups (broad SMARTS) is 1. The maximum atomic E-state index is 11.5. The van der Waals surface area contributed by atoms with Gasteiger partial charge in [0.05, 0.1) is 12.0 Å². The Morgan fingerprint density at radius 2 is 1.94 bits per heavy atom. The molecular formula is C12H22N2O4. The molecule has 1 aliphatic carbocycles. The van der Waals surface area contributed by atoms with E-state index in [1.807, 2.05) is 6.92 Å². The lowest BCUT2D eigenvalue weighted by molar-refractivity contribution is -0.136. The second-order valence-electron chi connectivity index (χ2n) is 4.58. The summed E-state index contributed by atoms with van der Waals surface area (Å²) in [5.74, 6) is -0.920. The van der Waals surface area contributed by atoms with E-state index in [9.17, 15) is 9.59 Å². The van der Waals surface area contributed by atoms with Crippen LogP contribution in [0.1, 0.15) is 39.0 Å². The number of amides is 2. The molecule has 0 aromatic heterocycles. The maximum absolute atomic E-state index is 11.5. The first-order valence-electron chi connectivity index (χ1n) is 6.45. The van der Waals surface area contributed by atoms with Crippen LogP contribution in [0.5, 0.6) is 0 Å². The Kier molecular flexibility index (Phi) is 5.91. The van der Waals surface area contributed by atoms with Crippen LogP contribution >= 0.6 is 0 Å². The third-order valence-corrected chi connectivity index (χ3v) is 3.16. The fraction of sp³-hybridized carbons (Fsp3) is 0.833. The third kappa shape index (κ3) is 4.91. The minimum atomic E-state index is -0.920. The number of carbonyl (C=O) groups is 2. The predicted octanol–water partition coefficient (Wildman–Crippen LogP) is 1.11. The molecule has 1 rings (SSSR count). The summed E-state index contributed by atoms with van der Waals surface area (Å²) in [5, 5.41) is 13.7. The molecule has 0 atom stereocenters. The van der Waals surface area contributed by atoms with Crippen molar-refractivity contribution in [2.24, 2.45) is 0 Å². The number of nitrogens with one attached hydrogen (secondary N) is 2. The summed E-state index contributed by atoms with van der Waals surface area (Å²) in [6.07, 6.45) is 4.13. The highest BCUT2D eigenvalue weighted by Crippen LogP contribution is 2.32. The van der Waals surface area contributed by atoms with Crippen LogP contribution < -0.4 is 10.6 Å². The number of hydrogen-bond acceptors (Lipinski definition) is 3. The van der Waals surface area contributed by atoms with Crippen LogP contribution in [0.2, 0.25) is 0 Å². The summed E-state index contributed by atoms with van der Waals surface area (Å²) in [7, 11) is 0. The first-order chi connectivity index (χ1) is 8.58. The van der Waals surface area contributed by atoms with Gasteiger partial charge in [0.1, 0.15) is 0 Å². The Morgan fingerprint density at radius 1 is 1.28 bits per heavy atom. The lowest BCUT2D eigenvalue weighted by atomic mass is 10.0. The number of ether oxygens (including phenoxy) is 1. The van der Waals surface area contributed by atoms with E-state index in [4.69, 9.17) is 9.84 Å². The molecule has 0 aromatic rings. The highest BCUT2D eigenvalue weighted by molar-refractivity contribution is 5.75. The van der Waals surface area contributed by atoms with Crippen LogP contribution in [0.15, 0.2) is 0 Å². The molecule has 0 radical (unpaired) electrons. The summed E-state index contributed by atoms with van der Waals surface area (Å²) in [6.45, 7) is 3.22. The topological polar surface area (TPSA) is 87.7 Å². The standard InChI is InChI=1S/C12H22N2O4/c1-2-18-12(6-3-4-7-12)9-14-11(17)13-8-5-10(15)16/h2-9H2,1H3,(H,15,16)(H2,13,14,17). The predicted molar refractivity (Wildman–Crippen MR) is 66.5 cm³/mol. The van der Waals surface area contributed by atoms with Gasteiger partial charge in [-0.15, -0.1) is 0 Å². The lowest BCUT2D eigenvalue weighted by Gasteiger charge is -2.29. The van der Waals surface area contributed by atoms with E-state index < -0.39 is 5.97 Å². The smallest absolute Gasteiger partial charge is 0.314 e. The van der Waals surface area contributed by atoms with Crippen LogP contribution in [-0.2, 0) is 9.53 Å². The van der Waals surface area contributed by atoms with Crippen molar-refractivity contribution in [1.29, 1.82) is 0 Å². The van der Waals surface area contributed by atoms with E-state index in [-0.39, 0.29) is 24.6 Å². The van der Waals surface area contributed by atoms with Gasteiger partial charge in [-0.2, -0.15) is 0 Å². The lowest BCUT2D eigenvalue weighted by Crippen LogP contribution is -2.46. The molecule has 0 heterocycles. The molecule has 0 bridgehead atoms. The third-order valence-electron chi connectivity index (χ3n) is 3.16. The molecule has 2 amide bonds. The molecule has 0 unspecified atom stereocenters. The molecule has 6 nitrogen and oxygen atoms in total. The normalized spacial score (nSPS) is 17.4. The van der Waals surface area contributed by atoms with Gasteiger partial charge in [0, 0.05) is 19.7 Å². The molecule has 1 fully saturated rings. The van der Waals surface area contributed by atoms with Crippen molar-refractivity contribution in [3.05, 3.63) is 0 Å². The van der Waals surface area contributed by atoms with Gasteiger partial charge in [-0.25, -0.2) is 4.79 Å². The minimum absolute atomic E-state index is 0.0655. The summed E-state index contributed by atoms with van der Waals surface area (Å²) >= 11 is 0. The van der Waals surface area contributed by atoms with E-state index in [0.717, 1.165) is 25.7 Å². The van der Waals surface area contributed by atoms with Gasteiger partial charge in [0.15, 0.2) is 0 Å². The van der Waals surface area contributed by atoms with Crippen molar-refractivity contribution in [3.8, 4) is 0 Å². The number of carboxylic acids is 1. The number of hydrogen-bond donors (Lipinski definition) is 3. The average Bonchev–Trinajstić information content (AvgIpc) is 2.76. The first-order valence-corrected chi connectivity index (χ1v) is 6.45. The summed E-state index contributed by atoms with van der Waals surface area (Å²) in [6, 6.07) is -0.331. The van der Waals surface area contributed by atoms with E-state index in [0.29, 0.717) is 13.2 Å². The average molecular weight is 258 g/mol. The van der Waals surface area contributed by atoms with E-state index in [1.165, 1.54) is 0 Å². The van der Waals surface area contributed by atoms with Crippen LogP contribution in [0.3, 0.4) is 0 Å². The Hall–Kier alpha value is -1.30. The molecule has 6 heteroatoms. The fourth-order valence-electron chi connectivity index (χ4n) is 2.28. The van der Waals surface area contributed by atoms with E-state index >= 15 is 0 Å². The molecule has 104 valence electrons. The Bertz CT molecular complexity index is 288. The van der Waals surface area contributed by atoms with Crippen molar-refractivity contribution >= 4 is 12.0 Å². The van der Waals surface area contributed by atoms with E-state index in [2.05, 4.69) is 10.6 Å². The van der Waals surface area contributed by atoms with Crippen molar-refractivity contribution < 1.29 is 19.4 Å². The van der Waals surface area contributed by atoms with Crippen molar-refractivity contribution in [3.63, 3.8) is 0 Å². The molecule has 0 aromatic carbocycles. The number of carbonyl (C=O) groups excluding carboxylic acids is 1. The van der Waals surface area contributed by atoms with Gasteiger partial charge >= 0.3 is 12.0 Å². The van der Waals surface area contributed by atoms with Crippen molar-refractivity contribution in [1.82, 2.24) is 10.6 Å². The van der Waals surface area contributed by atoms with Gasteiger partial charge in [0.25, 0.3) is 0 Å². The fourth-order valence-corrected chi connectivity index (χ4v) is 2.28. The van der Waals surface area contributed by atoms with Crippen molar-refractivity contribution in [2.75, 3.05) is 19.7 Å². The van der Waals surface area contributed by atoms with Gasteiger partial charge < -0.3 is 20.5 Å². The number of aliphatic carboxylic acids is 1. The zero-order valence-corrected chi connectivity index (χ0v) is 10.8. The molecule has 1 aliphatic rings. The molecule has 0 saturated heterocycles. The monoisotopic (exact) mass is 258 g/mol. The molecule has 0 aliphatic heterocycles. The SMILES string of the molecule is CCOC1(CNC(=O)NCCC(=O)O)CCCC1. The molecule has 0 spiro atoms. The van der Waals surface area contributed by atoms with Gasteiger partial charge in [0.2, 0.25) is 0 Å². The summed E-state index contributed by atoms with van der Waals surface area (Å²) < 4.78 is 5.75. The Labute approximate surface area is 107 Å². The van der Waals surface area contributed by atoms with Crippen LogP contribution in [-0.4, -0.2) is 42.4 Å². The van der Waals surface area contributed by atoms with Gasteiger partial charge in [-0.3, -0.25) is 4.79 Å². The van der Waals surface area contributed by atoms with Crippen molar-refractivity contribution in [2.45, 2.75) is 44.6 Å². The number of rotatable bonds is 7. The van der Waals surface area contributed by atoms with E-state index in [1.54, 1.807) is 0 Å². The second-order valence-corrected chi connectivity index (χ2v) is 4.58. The summed E-state index contributed by atoms with van der Waals surface area (Å²) in [4.78, 5) is 21.7. The maximum Gasteiger partial charge on any atom is 0.314 e. The second kappa shape index (κ2) is 7.20. The first kappa shape index (κ1) is 14.8. The van der Waals surface area contributed by atoms with Gasteiger partial charge in [-0.05, 0) is 19.8 Å². The van der Waals surface area contributed by atoms with Gasteiger partial charge in [-0.1, -0.05) is 12.8 Å². The minimum Gasteiger partial charge on any atom is -0.481 e. The Morgan fingerprint density at radius 3 is 2.50 bits per heavy atom.